The van der Waals surface area contributed by atoms with Gasteiger partial charge in [-0.3, -0.25) is 23.7 Å². The molecule has 0 radical (unpaired) electrons. The van der Waals surface area contributed by atoms with Crippen LogP contribution in [0.4, 0.5) is 27.5 Å². The summed E-state index contributed by atoms with van der Waals surface area (Å²) in [7, 11) is -1.19. The third-order valence-electron chi connectivity index (χ3n) is 13.1. The lowest BCUT2D eigenvalue weighted by Gasteiger charge is -2.26. The number of nitrogens with one attached hydrogen (secondary N) is 3. The molecule has 0 aliphatic carbocycles. The molecule has 0 spiro atoms. The summed E-state index contributed by atoms with van der Waals surface area (Å²) < 4.78 is 34.3. The fraction of sp³-hybridized carbons (Fsp3) is 0.305. The van der Waals surface area contributed by atoms with E-state index in [1.807, 2.05) is 64.1 Å². The van der Waals surface area contributed by atoms with Crippen molar-refractivity contribution in [2.24, 2.45) is 5.73 Å². The Morgan fingerprint density at radius 1 is 0.613 bits per heavy atom. The molecule has 0 saturated carbocycles. The van der Waals surface area contributed by atoms with Crippen LogP contribution in [0.5, 0.6) is 0 Å². The van der Waals surface area contributed by atoms with E-state index in [1.165, 1.54) is 14.2 Å². The van der Waals surface area contributed by atoms with Crippen LogP contribution in [0.1, 0.15) is 113 Å². The van der Waals surface area contributed by atoms with Crippen molar-refractivity contribution < 1.29 is 57.3 Å². The summed E-state index contributed by atoms with van der Waals surface area (Å²) in [5.41, 5.74) is 13.8. The number of carbonyl (C=O) groups excluding carboxylic acids is 5. The van der Waals surface area contributed by atoms with Gasteiger partial charge in [-0.2, -0.15) is 0 Å². The second-order valence-corrected chi connectivity index (χ2v) is 21.4. The van der Waals surface area contributed by atoms with E-state index < -0.39 is 26.1 Å². The number of hydrogen-bond donors (Lipinski definition) is 6. The molecule has 424 valence electrons. The molecule has 21 heteroatoms. The van der Waals surface area contributed by atoms with Gasteiger partial charge in [0, 0.05) is 93.8 Å². The number of aliphatic hydroxyl groups excluding tert-OH is 2. The Kier molecular flexibility index (Phi) is 22.9. The number of halogens is 2. The second-order valence-electron chi connectivity index (χ2n) is 18.7. The second kappa shape index (κ2) is 29.5. The maximum absolute atomic E-state index is 13.9. The zero-order valence-corrected chi connectivity index (χ0v) is 47.8. The number of hydrogen-bond acceptors (Lipinski definition) is 13. The van der Waals surface area contributed by atoms with Gasteiger partial charge in [-0.1, -0.05) is 59.6 Å². The highest BCUT2D eigenvalue weighted by Gasteiger charge is 2.35. The first-order valence-corrected chi connectivity index (χ1v) is 28.1. The lowest BCUT2D eigenvalue weighted by Crippen LogP contribution is -2.32. The van der Waals surface area contributed by atoms with Crippen LogP contribution in [0.25, 0.3) is 0 Å². The zero-order chi connectivity index (χ0) is 58.1. The van der Waals surface area contributed by atoms with Crippen molar-refractivity contribution in [2.75, 3.05) is 74.0 Å². The Hall–Kier alpha value is -6.96. The quantitative estimate of drug-likeness (QED) is 0.0439. The van der Waals surface area contributed by atoms with Gasteiger partial charge >= 0.3 is 13.9 Å². The molecule has 0 aromatic heterocycles. The third-order valence-corrected chi connectivity index (χ3v) is 15.2. The number of fused-ring (bicyclic) bond motifs is 2. The number of amides is 4. The summed E-state index contributed by atoms with van der Waals surface area (Å²) >= 11 is 12.6. The minimum atomic E-state index is -3.72. The fourth-order valence-electron chi connectivity index (χ4n) is 9.10. The predicted octanol–water partition coefficient (Wildman–Crippen LogP) is 11.5. The first-order valence-electron chi connectivity index (χ1n) is 25.8. The summed E-state index contributed by atoms with van der Waals surface area (Å²) in [6.07, 6.45) is 0.139. The molecular weight excluding hydrogens is 1090 g/mol. The Balaban J connectivity index is 0.000000243. The summed E-state index contributed by atoms with van der Waals surface area (Å²) in [5, 5.41) is 26.3. The van der Waals surface area contributed by atoms with E-state index in [-0.39, 0.29) is 43.4 Å². The molecule has 0 saturated heterocycles. The largest absolute Gasteiger partial charge is 0.508 e. The Morgan fingerprint density at radius 2 is 1.06 bits per heavy atom. The zero-order valence-electron chi connectivity index (χ0n) is 45.4. The van der Waals surface area contributed by atoms with Gasteiger partial charge in [0.25, 0.3) is 23.6 Å². The fourth-order valence-corrected chi connectivity index (χ4v) is 10.7. The van der Waals surface area contributed by atoms with Crippen molar-refractivity contribution in [2.45, 2.75) is 65.6 Å². The number of nitrogens with two attached hydrogens (primary N) is 1. The molecule has 7 N–H and O–H groups in total. The average Bonchev–Trinajstić information content (AvgIpc) is 3.84. The van der Waals surface area contributed by atoms with Crippen molar-refractivity contribution in [1.29, 1.82) is 0 Å². The number of ether oxygens (including phenoxy) is 2. The van der Waals surface area contributed by atoms with Crippen LogP contribution >= 0.6 is 30.9 Å². The van der Waals surface area contributed by atoms with E-state index in [9.17, 15) is 28.5 Å². The molecule has 0 fully saturated rings. The molecule has 80 heavy (non-hydrogen) atoms. The molecule has 6 aromatic rings. The molecule has 2 aliphatic heterocycles. The van der Waals surface area contributed by atoms with Crippen LogP contribution in [0, 0.1) is 27.7 Å². The van der Waals surface area contributed by atoms with Crippen LogP contribution in [-0.4, -0.2) is 93.6 Å². The number of rotatable bonds is 14. The van der Waals surface area contributed by atoms with Gasteiger partial charge in [-0.15, -0.1) is 0 Å². The number of methoxy groups -OCH3 is 1. The number of nitrogens with zero attached hydrogens (tertiary/aromatic N) is 2. The van der Waals surface area contributed by atoms with Crippen molar-refractivity contribution in [3.63, 3.8) is 0 Å². The standard InChI is InChI=1S/C29H33ClN3O6P.C28H27ClN2O5.C2H7NO/c1-19-7-4-5-8-23(19)28(35)32-22-11-12-24(20(2)17-22)29(36)33-15-6-9-27(25-18-21(30)10-13-26(25)33)39-40(37,38-3)31-14-16-34;1-17-7-4-5-8-21(17)26(32)30-20-11-12-22(18(2)15-20)27(33)31-14-6-9-25(36-28(34)35-3)23-16-19(29)10-13-24(23)31;3-1-2-4/h4-5,7-8,10-13,17-18,27,34H,6,9,14-16H2,1-3H3,(H,31,37)(H,32,35);4-5,7-8,10-13,15-16,25H,6,9,14H2,1-3H3,(H,30,32);4H,1-3H2. The lowest BCUT2D eigenvalue weighted by molar-refractivity contribution is 0.0334. The van der Waals surface area contributed by atoms with Crippen molar-refractivity contribution >= 4 is 83.5 Å². The average molecular weight is 1150 g/mol. The number of carbonyl (C=O) groups is 5. The van der Waals surface area contributed by atoms with E-state index in [0.717, 1.165) is 16.7 Å². The van der Waals surface area contributed by atoms with E-state index in [0.29, 0.717) is 117 Å². The normalized spacial score (nSPS) is 15.3. The Morgan fingerprint density at radius 3 is 1.48 bits per heavy atom. The molecule has 4 amide bonds. The minimum Gasteiger partial charge on any atom is -0.438 e. The van der Waals surface area contributed by atoms with E-state index in [4.69, 9.17) is 52.9 Å². The molecule has 0 bridgehead atoms. The van der Waals surface area contributed by atoms with Crippen molar-refractivity contribution in [1.82, 2.24) is 5.09 Å². The minimum absolute atomic E-state index is 0.0333. The summed E-state index contributed by atoms with van der Waals surface area (Å²) in [4.78, 5) is 68.2. The van der Waals surface area contributed by atoms with Gasteiger partial charge < -0.3 is 50.4 Å². The van der Waals surface area contributed by atoms with Crippen molar-refractivity contribution in [3.05, 3.63) is 187 Å². The number of aliphatic hydroxyl groups is 2. The summed E-state index contributed by atoms with van der Waals surface area (Å²) in [5.74, 6) is -0.831. The van der Waals surface area contributed by atoms with Gasteiger partial charge in [0.05, 0.1) is 32.1 Å². The molecule has 3 unspecified atom stereocenters. The first-order chi connectivity index (χ1) is 38.3. The molecule has 18 nitrogen and oxygen atoms in total. The summed E-state index contributed by atoms with van der Waals surface area (Å²) in [6.45, 7) is 8.54. The third kappa shape index (κ3) is 16.1. The number of aryl methyl sites for hydroxylation is 4. The highest BCUT2D eigenvalue weighted by atomic mass is 35.5. The molecule has 8 rings (SSSR count). The molecule has 2 aliphatic rings. The van der Waals surface area contributed by atoms with Gasteiger partial charge in [0.2, 0.25) is 0 Å². The molecular formula is C59H67Cl2N6O12P. The maximum Gasteiger partial charge on any atom is 0.508 e. The number of anilines is 4. The summed E-state index contributed by atoms with van der Waals surface area (Å²) in [6, 6.07) is 35.5. The van der Waals surface area contributed by atoms with Crippen molar-refractivity contribution in [3.8, 4) is 0 Å². The number of benzene rings is 6. The lowest BCUT2D eigenvalue weighted by atomic mass is 10.0. The van der Waals surface area contributed by atoms with Gasteiger partial charge in [-0.25, -0.2) is 14.4 Å². The highest BCUT2D eigenvalue weighted by molar-refractivity contribution is 7.51. The van der Waals surface area contributed by atoms with Crippen LogP contribution in [0.15, 0.2) is 121 Å². The Labute approximate surface area is 476 Å². The van der Waals surface area contributed by atoms with E-state index >= 15 is 0 Å². The molecule has 6 aromatic carbocycles. The monoisotopic (exact) mass is 1150 g/mol. The van der Waals surface area contributed by atoms with Crippen LogP contribution in [-0.2, 0) is 23.1 Å². The van der Waals surface area contributed by atoms with Gasteiger partial charge in [0.15, 0.2) is 0 Å². The molecule has 2 heterocycles. The smallest absolute Gasteiger partial charge is 0.438 e. The van der Waals surface area contributed by atoms with Gasteiger partial charge in [0.1, 0.15) is 6.10 Å². The SMILES string of the molecule is COC(=O)OC1CCCN(C(=O)c2ccc(NC(=O)c3ccccc3C)cc2C)c2ccc(Cl)cc21.COP(=O)(NCCO)OC1CCCN(C(=O)c2ccc(NC(=O)c3ccccc3C)cc2C)c2ccc(Cl)cc21.NCCO. The van der Waals surface area contributed by atoms with Crippen LogP contribution in [0.2, 0.25) is 10.0 Å². The highest BCUT2D eigenvalue weighted by Crippen LogP contribution is 2.51. The molecule has 3 atom stereocenters. The van der Waals surface area contributed by atoms with Crippen LogP contribution < -0.4 is 31.3 Å². The van der Waals surface area contributed by atoms with E-state index in [2.05, 4.69) is 20.5 Å². The van der Waals surface area contributed by atoms with E-state index in [1.54, 1.807) is 94.7 Å². The maximum atomic E-state index is 13.9. The Bertz CT molecular complexity index is 3230. The van der Waals surface area contributed by atoms with Gasteiger partial charge in [-0.05, 0) is 161 Å². The predicted molar refractivity (Wildman–Crippen MR) is 311 cm³/mol. The van der Waals surface area contributed by atoms with Crippen LogP contribution in [0.3, 0.4) is 0 Å². The first kappa shape index (κ1) is 62.2. The topological polar surface area (TPSA) is 248 Å².